The van der Waals surface area contributed by atoms with Gasteiger partial charge >= 0.3 is 0 Å². The van der Waals surface area contributed by atoms with E-state index < -0.39 is 0 Å². The van der Waals surface area contributed by atoms with Crippen LogP contribution in [0.1, 0.15) is 11.1 Å². The highest BCUT2D eigenvalue weighted by molar-refractivity contribution is 5.78. The first-order valence-corrected chi connectivity index (χ1v) is 8.20. The topological polar surface area (TPSA) is 42.0 Å². The van der Waals surface area contributed by atoms with Crippen LogP contribution >= 0.6 is 0 Å². The number of ether oxygens (including phenoxy) is 2. The fourth-order valence-corrected chi connectivity index (χ4v) is 2.67. The molecule has 0 saturated carbocycles. The summed E-state index contributed by atoms with van der Waals surface area (Å²) in [6, 6.07) is 15.6. The van der Waals surface area contributed by atoms with Crippen molar-refractivity contribution < 1.29 is 14.3 Å². The predicted octanol–water partition coefficient (Wildman–Crippen LogP) is 2.79. The van der Waals surface area contributed by atoms with Gasteiger partial charge in [0, 0.05) is 25.7 Å². The fraction of sp³-hybridized carbons (Fsp3) is 0.350. The number of hydrogen-bond donors (Lipinski definition) is 0. The third kappa shape index (κ3) is 5.50. The normalized spacial score (nSPS) is 10.6. The van der Waals surface area contributed by atoms with Crippen LogP contribution in [0.25, 0.3) is 0 Å². The summed E-state index contributed by atoms with van der Waals surface area (Å²) in [5.74, 6) is 1.69. The van der Waals surface area contributed by atoms with Gasteiger partial charge in [-0.25, -0.2) is 0 Å². The van der Waals surface area contributed by atoms with Crippen LogP contribution in [-0.4, -0.2) is 50.6 Å². The van der Waals surface area contributed by atoms with Crippen LogP contribution in [0, 0.1) is 0 Å². The fourth-order valence-electron chi connectivity index (χ4n) is 2.67. The molecule has 0 radical (unpaired) electrons. The average Bonchev–Trinajstić information content (AvgIpc) is 2.62. The molecule has 5 nitrogen and oxygen atoms in total. The molecule has 0 spiro atoms. The van der Waals surface area contributed by atoms with Crippen molar-refractivity contribution in [1.82, 2.24) is 9.80 Å². The first-order chi connectivity index (χ1) is 12.0. The van der Waals surface area contributed by atoms with Gasteiger partial charge in [-0.3, -0.25) is 9.69 Å². The average molecular weight is 342 g/mol. The van der Waals surface area contributed by atoms with Gasteiger partial charge in [-0.1, -0.05) is 30.3 Å². The highest BCUT2D eigenvalue weighted by Gasteiger charge is 2.14. The van der Waals surface area contributed by atoms with Crippen LogP contribution < -0.4 is 9.47 Å². The van der Waals surface area contributed by atoms with Gasteiger partial charge in [-0.05, 0) is 30.8 Å². The molecule has 2 rings (SSSR count). The number of likely N-dealkylation sites (N-methyl/N-ethyl adjacent to an activating group) is 2. The Kier molecular flexibility index (Phi) is 6.83. The Hall–Kier alpha value is -2.53. The lowest BCUT2D eigenvalue weighted by atomic mass is 10.2. The van der Waals surface area contributed by atoms with E-state index in [0.717, 1.165) is 22.6 Å². The maximum atomic E-state index is 12.5. The lowest BCUT2D eigenvalue weighted by molar-refractivity contribution is -0.131. The first kappa shape index (κ1) is 18.8. The van der Waals surface area contributed by atoms with Crippen molar-refractivity contribution >= 4 is 5.91 Å². The summed E-state index contributed by atoms with van der Waals surface area (Å²) >= 11 is 0. The molecular weight excluding hydrogens is 316 g/mol. The number of nitrogens with zero attached hydrogens (tertiary/aromatic N) is 2. The summed E-state index contributed by atoms with van der Waals surface area (Å²) in [4.78, 5) is 16.2. The molecule has 0 aliphatic rings. The first-order valence-electron chi connectivity index (χ1n) is 8.20. The van der Waals surface area contributed by atoms with Crippen LogP contribution in [0.4, 0.5) is 0 Å². The molecule has 25 heavy (non-hydrogen) atoms. The molecular formula is C20H26N2O3. The molecule has 1 amide bonds. The van der Waals surface area contributed by atoms with Crippen LogP contribution in [0.2, 0.25) is 0 Å². The van der Waals surface area contributed by atoms with Crippen LogP contribution in [-0.2, 0) is 17.9 Å². The molecule has 2 aromatic rings. The Morgan fingerprint density at radius 1 is 0.960 bits per heavy atom. The van der Waals surface area contributed by atoms with Gasteiger partial charge in [0.25, 0.3) is 0 Å². The van der Waals surface area contributed by atoms with Crippen molar-refractivity contribution in [1.29, 1.82) is 0 Å². The molecule has 0 bridgehead atoms. The van der Waals surface area contributed by atoms with E-state index >= 15 is 0 Å². The highest BCUT2D eigenvalue weighted by Crippen LogP contribution is 2.19. The SMILES string of the molecule is COc1cccc(CN(C)CC(=O)N(C)Cc2ccccc2OC)c1. The van der Waals surface area contributed by atoms with Crippen molar-refractivity contribution in [3.63, 3.8) is 0 Å². The minimum Gasteiger partial charge on any atom is -0.497 e. The van der Waals surface area contributed by atoms with Gasteiger partial charge in [-0.15, -0.1) is 0 Å². The van der Waals surface area contributed by atoms with Crippen molar-refractivity contribution in [2.45, 2.75) is 13.1 Å². The van der Waals surface area contributed by atoms with Gasteiger partial charge < -0.3 is 14.4 Å². The second kappa shape index (κ2) is 9.08. The molecule has 0 aliphatic carbocycles. The number of amides is 1. The summed E-state index contributed by atoms with van der Waals surface area (Å²) in [5, 5.41) is 0. The molecule has 2 aromatic carbocycles. The third-order valence-corrected chi connectivity index (χ3v) is 4.02. The molecule has 134 valence electrons. The van der Waals surface area contributed by atoms with E-state index in [1.807, 2.05) is 67.5 Å². The number of rotatable bonds is 8. The van der Waals surface area contributed by atoms with Crippen LogP contribution in [0.5, 0.6) is 11.5 Å². The molecule has 0 N–H and O–H groups in total. The zero-order chi connectivity index (χ0) is 18.2. The monoisotopic (exact) mass is 342 g/mol. The van der Waals surface area contributed by atoms with E-state index in [4.69, 9.17) is 9.47 Å². The third-order valence-electron chi connectivity index (χ3n) is 4.02. The molecule has 0 aliphatic heterocycles. The molecule has 0 heterocycles. The molecule has 0 fully saturated rings. The van der Waals surface area contributed by atoms with E-state index in [0.29, 0.717) is 19.6 Å². The highest BCUT2D eigenvalue weighted by atomic mass is 16.5. The summed E-state index contributed by atoms with van der Waals surface area (Å²) < 4.78 is 10.6. The van der Waals surface area contributed by atoms with E-state index in [2.05, 4.69) is 0 Å². The summed E-state index contributed by atoms with van der Waals surface area (Å²) in [7, 11) is 7.05. The van der Waals surface area contributed by atoms with E-state index in [-0.39, 0.29) is 5.91 Å². The Balaban J connectivity index is 1.91. The van der Waals surface area contributed by atoms with E-state index in [9.17, 15) is 4.79 Å². The predicted molar refractivity (Wildman–Crippen MR) is 98.8 cm³/mol. The standard InChI is InChI=1S/C20H26N2O3/c1-21(13-16-8-7-10-18(12-16)24-3)15-20(23)22(2)14-17-9-5-6-11-19(17)25-4/h5-12H,13-15H2,1-4H3. The Morgan fingerprint density at radius 3 is 2.44 bits per heavy atom. The van der Waals surface area contributed by atoms with Gasteiger partial charge in [0.2, 0.25) is 5.91 Å². The maximum absolute atomic E-state index is 12.5. The minimum atomic E-state index is 0.0660. The number of methoxy groups -OCH3 is 2. The lowest BCUT2D eigenvalue weighted by Crippen LogP contribution is -2.36. The van der Waals surface area contributed by atoms with Crippen molar-refractivity contribution in [3.8, 4) is 11.5 Å². The Bertz CT molecular complexity index is 703. The number of hydrogen-bond acceptors (Lipinski definition) is 4. The second-order valence-corrected chi connectivity index (χ2v) is 6.09. The Labute approximate surface area is 149 Å². The number of carbonyl (C=O) groups is 1. The minimum absolute atomic E-state index is 0.0660. The maximum Gasteiger partial charge on any atom is 0.236 e. The second-order valence-electron chi connectivity index (χ2n) is 6.09. The summed E-state index contributed by atoms with van der Waals surface area (Å²) in [5.41, 5.74) is 2.11. The zero-order valence-electron chi connectivity index (χ0n) is 15.4. The van der Waals surface area contributed by atoms with Gasteiger partial charge in [0.1, 0.15) is 11.5 Å². The molecule has 0 saturated heterocycles. The lowest BCUT2D eigenvalue weighted by Gasteiger charge is -2.23. The van der Waals surface area contributed by atoms with Crippen molar-refractivity contribution in [2.75, 3.05) is 34.9 Å². The number of benzene rings is 2. The van der Waals surface area contributed by atoms with Crippen molar-refractivity contribution in [2.24, 2.45) is 0 Å². The van der Waals surface area contributed by atoms with Crippen molar-refractivity contribution in [3.05, 3.63) is 59.7 Å². The summed E-state index contributed by atoms with van der Waals surface area (Å²) in [6.07, 6.45) is 0. The van der Waals surface area contributed by atoms with Gasteiger partial charge in [0.05, 0.1) is 20.8 Å². The van der Waals surface area contributed by atoms with Gasteiger partial charge in [0.15, 0.2) is 0 Å². The van der Waals surface area contributed by atoms with Crippen LogP contribution in [0.3, 0.4) is 0 Å². The largest absolute Gasteiger partial charge is 0.497 e. The number of para-hydroxylation sites is 1. The number of carbonyl (C=O) groups excluding carboxylic acids is 1. The molecule has 0 aromatic heterocycles. The zero-order valence-corrected chi connectivity index (χ0v) is 15.4. The molecule has 5 heteroatoms. The smallest absolute Gasteiger partial charge is 0.236 e. The molecule has 0 unspecified atom stereocenters. The summed E-state index contributed by atoms with van der Waals surface area (Å²) in [6.45, 7) is 1.56. The van der Waals surface area contributed by atoms with E-state index in [1.54, 1.807) is 19.1 Å². The van der Waals surface area contributed by atoms with Gasteiger partial charge in [-0.2, -0.15) is 0 Å². The van der Waals surface area contributed by atoms with E-state index in [1.165, 1.54) is 0 Å². The van der Waals surface area contributed by atoms with Crippen LogP contribution in [0.15, 0.2) is 48.5 Å². The Morgan fingerprint density at radius 2 is 1.72 bits per heavy atom. The quantitative estimate of drug-likeness (QED) is 0.740. The molecule has 0 atom stereocenters.